The van der Waals surface area contributed by atoms with E-state index in [0.717, 1.165) is 22.9 Å². The highest BCUT2D eigenvalue weighted by molar-refractivity contribution is 7.99. The molecular formula is C16H22N2S2. The first-order valence-electron chi connectivity index (χ1n) is 7.53. The van der Waals surface area contributed by atoms with Crippen molar-refractivity contribution in [1.82, 2.24) is 4.98 Å². The zero-order valence-corrected chi connectivity index (χ0v) is 13.4. The van der Waals surface area contributed by atoms with Gasteiger partial charge in [-0.25, -0.2) is 4.98 Å². The van der Waals surface area contributed by atoms with Crippen LogP contribution in [0, 0.1) is 0 Å². The maximum Gasteiger partial charge on any atom is 0.0954 e. The van der Waals surface area contributed by atoms with Gasteiger partial charge in [0.15, 0.2) is 0 Å². The number of fused-ring (bicyclic) bond motifs is 1. The number of hydrogen-bond donors (Lipinski definition) is 1. The third kappa shape index (κ3) is 3.74. The normalized spacial score (nSPS) is 18.4. The van der Waals surface area contributed by atoms with E-state index in [2.05, 4.69) is 34.9 Å². The second-order valence-corrected chi connectivity index (χ2v) is 8.08. The molecule has 1 aromatic carbocycles. The minimum Gasteiger partial charge on any atom is -0.327 e. The van der Waals surface area contributed by atoms with Crippen LogP contribution in [0.25, 0.3) is 10.2 Å². The Bertz CT molecular complexity index is 513. The van der Waals surface area contributed by atoms with Gasteiger partial charge in [0, 0.05) is 23.5 Å². The van der Waals surface area contributed by atoms with Gasteiger partial charge in [0.1, 0.15) is 0 Å². The summed E-state index contributed by atoms with van der Waals surface area (Å²) < 4.78 is 1.27. The number of para-hydroxylation sites is 1. The average Bonchev–Trinajstić information content (AvgIpc) is 2.88. The minimum atomic E-state index is 0.238. The minimum absolute atomic E-state index is 0.238. The van der Waals surface area contributed by atoms with E-state index in [9.17, 15) is 0 Å². The maximum absolute atomic E-state index is 6.29. The molecule has 1 unspecified atom stereocenters. The van der Waals surface area contributed by atoms with E-state index < -0.39 is 0 Å². The smallest absolute Gasteiger partial charge is 0.0954 e. The number of rotatable bonds is 5. The Morgan fingerprint density at radius 3 is 2.85 bits per heavy atom. The number of nitrogens with two attached hydrogens (primary N) is 1. The van der Waals surface area contributed by atoms with Crippen molar-refractivity contribution in [2.75, 3.05) is 5.75 Å². The molecule has 2 nitrogen and oxygen atoms in total. The standard InChI is InChI=1S/C16H22N2S2/c17-12(11-19-13-6-2-1-3-7-13)10-16-18-14-8-4-5-9-15(14)20-16/h4-5,8-9,12-13H,1-3,6-7,10-11,17H2. The second kappa shape index (κ2) is 6.92. The van der Waals surface area contributed by atoms with E-state index in [4.69, 9.17) is 5.73 Å². The number of benzene rings is 1. The second-order valence-electron chi connectivity index (χ2n) is 5.63. The van der Waals surface area contributed by atoms with Crippen molar-refractivity contribution < 1.29 is 0 Å². The highest BCUT2D eigenvalue weighted by atomic mass is 32.2. The molecule has 108 valence electrons. The molecule has 0 amide bonds. The lowest BCUT2D eigenvalue weighted by Gasteiger charge is -2.22. The first-order chi connectivity index (χ1) is 9.81. The lowest BCUT2D eigenvalue weighted by molar-refractivity contribution is 0.515. The lowest BCUT2D eigenvalue weighted by Crippen LogP contribution is -2.27. The molecule has 1 fully saturated rings. The van der Waals surface area contributed by atoms with Crippen molar-refractivity contribution in [3.05, 3.63) is 29.3 Å². The van der Waals surface area contributed by atoms with E-state index in [1.807, 2.05) is 6.07 Å². The molecule has 4 heteroatoms. The van der Waals surface area contributed by atoms with Gasteiger partial charge >= 0.3 is 0 Å². The van der Waals surface area contributed by atoms with Crippen LogP contribution in [-0.2, 0) is 6.42 Å². The first kappa shape index (κ1) is 14.4. The van der Waals surface area contributed by atoms with Crippen molar-refractivity contribution in [3.63, 3.8) is 0 Å². The number of thiazole rings is 1. The van der Waals surface area contributed by atoms with E-state index in [0.29, 0.717) is 0 Å². The summed E-state index contributed by atoms with van der Waals surface area (Å²) in [5, 5.41) is 2.04. The quantitative estimate of drug-likeness (QED) is 0.898. The first-order valence-corrected chi connectivity index (χ1v) is 9.39. The lowest BCUT2D eigenvalue weighted by atomic mass is 10.0. The fourth-order valence-corrected chi connectivity index (χ4v) is 5.15. The van der Waals surface area contributed by atoms with Crippen LogP contribution in [0.5, 0.6) is 0 Å². The van der Waals surface area contributed by atoms with E-state index >= 15 is 0 Å². The monoisotopic (exact) mass is 306 g/mol. The Kier molecular flexibility index (Phi) is 4.97. The van der Waals surface area contributed by atoms with Gasteiger partial charge in [-0.1, -0.05) is 31.4 Å². The van der Waals surface area contributed by atoms with Gasteiger partial charge in [0.2, 0.25) is 0 Å². The van der Waals surface area contributed by atoms with Crippen LogP contribution in [0.2, 0.25) is 0 Å². The molecule has 3 rings (SSSR count). The van der Waals surface area contributed by atoms with Gasteiger partial charge in [0.05, 0.1) is 15.2 Å². The van der Waals surface area contributed by atoms with Crippen LogP contribution < -0.4 is 5.73 Å². The molecule has 1 atom stereocenters. The van der Waals surface area contributed by atoms with Gasteiger partial charge in [-0.15, -0.1) is 11.3 Å². The SMILES string of the molecule is NC(CSC1CCCCC1)Cc1nc2ccccc2s1. The topological polar surface area (TPSA) is 38.9 Å². The molecule has 2 aromatic rings. The van der Waals surface area contributed by atoms with Crippen LogP contribution in [0.4, 0.5) is 0 Å². The molecule has 1 aromatic heterocycles. The summed E-state index contributed by atoms with van der Waals surface area (Å²) in [5.41, 5.74) is 7.40. The van der Waals surface area contributed by atoms with Crippen molar-refractivity contribution in [2.24, 2.45) is 5.73 Å². The maximum atomic E-state index is 6.29. The number of thioether (sulfide) groups is 1. The van der Waals surface area contributed by atoms with Crippen LogP contribution in [0.15, 0.2) is 24.3 Å². The summed E-state index contributed by atoms with van der Waals surface area (Å²) in [7, 11) is 0. The Hall–Kier alpha value is -0.580. The molecule has 0 aliphatic heterocycles. The Morgan fingerprint density at radius 2 is 2.05 bits per heavy atom. The van der Waals surface area contributed by atoms with E-state index in [1.54, 1.807) is 11.3 Å². The Labute approximate surface area is 129 Å². The molecule has 20 heavy (non-hydrogen) atoms. The largest absolute Gasteiger partial charge is 0.327 e. The van der Waals surface area contributed by atoms with Crippen molar-refractivity contribution >= 4 is 33.3 Å². The fourth-order valence-electron chi connectivity index (χ4n) is 2.78. The van der Waals surface area contributed by atoms with Gasteiger partial charge < -0.3 is 5.73 Å². The number of hydrogen-bond acceptors (Lipinski definition) is 4. The van der Waals surface area contributed by atoms with Crippen LogP contribution in [0.3, 0.4) is 0 Å². The third-order valence-corrected chi connectivity index (χ3v) is 6.50. The third-order valence-electron chi connectivity index (χ3n) is 3.87. The molecule has 0 saturated heterocycles. The van der Waals surface area contributed by atoms with Gasteiger partial charge in [0.25, 0.3) is 0 Å². The van der Waals surface area contributed by atoms with Crippen molar-refractivity contribution in [1.29, 1.82) is 0 Å². The summed E-state index contributed by atoms with van der Waals surface area (Å²) in [4.78, 5) is 4.68. The molecule has 1 saturated carbocycles. The van der Waals surface area contributed by atoms with Crippen molar-refractivity contribution in [3.8, 4) is 0 Å². The summed E-state index contributed by atoms with van der Waals surface area (Å²) in [6.45, 7) is 0. The van der Waals surface area contributed by atoms with Gasteiger partial charge in [-0.05, 0) is 25.0 Å². The molecular weight excluding hydrogens is 284 g/mol. The Balaban J connectivity index is 1.51. The molecule has 0 spiro atoms. The number of nitrogens with zero attached hydrogens (tertiary/aromatic N) is 1. The zero-order valence-electron chi connectivity index (χ0n) is 11.8. The molecule has 1 heterocycles. The molecule has 1 aliphatic rings. The van der Waals surface area contributed by atoms with Crippen LogP contribution >= 0.6 is 23.1 Å². The van der Waals surface area contributed by atoms with E-state index in [-0.39, 0.29) is 6.04 Å². The predicted molar refractivity (Wildman–Crippen MR) is 90.6 cm³/mol. The van der Waals surface area contributed by atoms with Gasteiger partial charge in [-0.3, -0.25) is 0 Å². The highest BCUT2D eigenvalue weighted by Crippen LogP contribution is 2.29. The highest BCUT2D eigenvalue weighted by Gasteiger charge is 2.16. The molecule has 1 aliphatic carbocycles. The van der Waals surface area contributed by atoms with E-state index in [1.165, 1.54) is 41.8 Å². The molecule has 2 N–H and O–H groups in total. The van der Waals surface area contributed by atoms with Gasteiger partial charge in [-0.2, -0.15) is 11.8 Å². The number of aromatic nitrogens is 1. The molecule has 0 radical (unpaired) electrons. The Morgan fingerprint density at radius 1 is 1.25 bits per heavy atom. The zero-order chi connectivity index (χ0) is 13.8. The van der Waals surface area contributed by atoms with Crippen LogP contribution in [-0.4, -0.2) is 22.0 Å². The summed E-state index contributed by atoms with van der Waals surface area (Å²) in [5.74, 6) is 1.07. The molecule has 0 bridgehead atoms. The summed E-state index contributed by atoms with van der Waals surface area (Å²) >= 11 is 3.87. The van der Waals surface area contributed by atoms with Crippen molar-refractivity contribution in [2.45, 2.75) is 49.8 Å². The summed E-state index contributed by atoms with van der Waals surface area (Å²) in [6, 6.07) is 8.58. The van der Waals surface area contributed by atoms with Crippen LogP contribution in [0.1, 0.15) is 37.1 Å². The fraction of sp³-hybridized carbons (Fsp3) is 0.562. The predicted octanol–water partition coefficient (Wildman–Crippen LogP) is 4.23. The summed E-state index contributed by atoms with van der Waals surface area (Å²) in [6.07, 6.45) is 7.93. The average molecular weight is 306 g/mol.